The smallest absolute Gasteiger partial charge is 0.241 e. The van der Waals surface area contributed by atoms with Crippen LogP contribution < -0.4 is 5.73 Å². The fraction of sp³-hybridized carbons (Fsp3) is 0. The monoisotopic (exact) mass is 98.0 g/mol. The molecule has 3 heteroatoms. The van der Waals surface area contributed by atoms with Crippen molar-refractivity contribution in [3.8, 4) is 0 Å². The van der Waals surface area contributed by atoms with Crippen LogP contribution in [0.5, 0.6) is 0 Å². The third-order valence-corrected chi connectivity index (χ3v) is 0.316. The molecule has 0 saturated heterocycles. The van der Waals surface area contributed by atoms with Crippen LogP contribution in [0.25, 0.3) is 0 Å². The average molecular weight is 98.1 g/mol. The maximum Gasteiger partial charge on any atom is 0.241 e. The summed E-state index contributed by atoms with van der Waals surface area (Å²) in [4.78, 5) is 19.0. The topological polar surface area (TPSA) is 60.2 Å². The summed E-state index contributed by atoms with van der Waals surface area (Å²) in [6, 6.07) is 0. The molecular formula is C4H4NO2. The largest absolute Gasteiger partial charge is 0.366 e. The van der Waals surface area contributed by atoms with Crippen molar-refractivity contribution in [1.82, 2.24) is 0 Å². The van der Waals surface area contributed by atoms with Crippen LogP contribution in [0.1, 0.15) is 0 Å². The van der Waals surface area contributed by atoms with Crippen LogP contribution in [-0.4, -0.2) is 12.2 Å². The molecule has 0 aromatic carbocycles. The van der Waals surface area contributed by atoms with Crippen molar-refractivity contribution in [3.05, 3.63) is 12.2 Å². The lowest BCUT2D eigenvalue weighted by atomic mass is 10.5. The van der Waals surface area contributed by atoms with Gasteiger partial charge < -0.3 is 5.73 Å². The molecule has 0 saturated carbocycles. The maximum absolute atomic E-state index is 9.71. The maximum atomic E-state index is 9.71. The molecule has 1 radical (unpaired) electrons. The summed E-state index contributed by atoms with van der Waals surface area (Å²) in [6.45, 7) is 0. The summed E-state index contributed by atoms with van der Waals surface area (Å²) in [5, 5.41) is 0. The Morgan fingerprint density at radius 3 is 2.43 bits per heavy atom. The lowest BCUT2D eigenvalue weighted by molar-refractivity contribution is -0.113. The van der Waals surface area contributed by atoms with E-state index in [-0.39, 0.29) is 0 Å². The molecule has 0 rings (SSSR count). The third kappa shape index (κ3) is 4.88. The zero-order valence-electron chi connectivity index (χ0n) is 3.55. The van der Waals surface area contributed by atoms with Gasteiger partial charge in [0.05, 0.1) is 0 Å². The van der Waals surface area contributed by atoms with Gasteiger partial charge in [0, 0.05) is 6.08 Å². The van der Waals surface area contributed by atoms with Crippen molar-refractivity contribution >= 4 is 12.2 Å². The molecule has 0 bridgehead atoms. The predicted molar refractivity (Wildman–Crippen MR) is 24.0 cm³/mol. The highest BCUT2D eigenvalue weighted by Crippen LogP contribution is 1.60. The first-order chi connectivity index (χ1) is 3.27. The van der Waals surface area contributed by atoms with Crippen LogP contribution in [0.15, 0.2) is 12.2 Å². The van der Waals surface area contributed by atoms with Crippen LogP contribution in [0.3, 0.4) is 0 Å². The quantitative estimate of drug-likeness (QED) is 0.457. The average Bonchev–Trinajstić information content (AvgIpc) is 1.61. The molecule has 2 N–H and O–H groups in total. The number of hydrogen-bond donors (Lipinski definition) is 1. The van der Waals surface area contributed by atoms with Crippen molar-refractivity contribution in [3.63, 3.8) is 0 Å². The molecule has 0 aromatic rings. The van der Waals surface area contributed by atoms with E-state index in [1.165, 1.54) is 6.29 Å². The van der Waals surface area contributed by atoms with Crippen molar-refractivity contribution in [2.45, 2.75) is 0 Å². The minimum Gasteiger partial charge on any atom is -0.366 e. The number of rotatable bonds is 2. The molecule has 0 heterocycles. The Labute approximate surface area is 40.8 Å². The van der Waals surface area contributed by atoms with E-state index >= 15 is 0 Å². The number of hydrogen-bond acceptors (Lipinski definition) is 2. The lowest BCUT2D eigenvalue weighted by Crippen LogP contribution is -2.05. The molecule has 7 heavy (non-hydrogen) atoms. The van der Waals surface area contributed by atoms with Gasteiger partial charge in [-0.25, -0.2) is 0 Å². The molecule has 0 unspecified atom stereocenters. The fourth-order valence-electron chi connectivity index (χ4n) is 0.116. The number of amides is 1. The second-order valence-corrected chi connectivity index (χ2v) is 0.854. The molecule has 37 valence electrons. The summed E-state index contributed by atoms with van der Waals surface area (Å²) in [5.74, 6) is -0.636. The van der Waals surface area contributed by atoms with Gasteiger partial charge in [-0.15, -0.1) is 0 Å². The van der Waals surface area contributed by atoms with Crippen LogP contribution in [-0.2, 0) is 9.59 Å². The number of carbonyl (C=O) groups is 1. The second-order valence-electron chi connectivity index (χ2n) is 0.854. The highest BCUT2D eigenvalue weighted by atomic mass is 16.1. The van der Waals surface area contributed by atoms with Crippen molar-refractivity contribution in [2.75, 3.05) is 0 Å². The summed E-state index contributed by atoms with van der Waals surface area (Å²) in [6.07, 6.45) is 3.22. The second kappa shape index (κ2) is 3.08. The van der Waals surface area contributed by atoms with E-state index in [2.05, 4.69) is 5.73 Å². The molecule has 0 atom stereocenters. The number of nitrogens with two attached hydrogens (primary N) is 1. The SMILES string of the molecule is NC(=O)/C=C/[C]=O. The summed E-state index contributed by atoms with van der Waals surface area (Å²) in [7, 11) is 0. The van der Waals surface area contributed by atoms with Gasteiger partial charge in [0.25, 0.3) is 0 Å². The molecule has 3 nitrogen and oxygen atoms in total. The first-order valence-corrected chi connectivity index (χ1v) is 1.61. The Balaban J connectivity index is 3.46. The molecule has 0 aromatic heterocycles. The number of carbonyl (C=O) groups excluding carboxylic acids is 2. The zero-order valence-corrected chi connectivity index (χ0v) is 3.55. The number of primary amides is 1. The van der Waals surface area contributed by atoms with Gasteiger partial charge in [0.15, 0.2) is 0 Å². The van der Waals surface area contributed by atoms with Gasteiger partial charge in [0.1, 0.15) is 0 Å². The first kappa shape index (κ1) is 5.88. The van der Waals surface area contributed by atoms with Gasteiger partial charge in [-0.05, 0) is 6.08 Å². The van der Waals surface area contributed by atoms with E-state index in [9.17, 15) is 9.59 Å². The predicted octanol–water partition coefficient (Wildman–Crippen LogP) is -0.862. The van der Waals surface area contributed by atoms with Gasteiger partial charge in [0.2, 0.25) is 12.2 Å². The minimum absolute atomic E-state index is 0.636. The minimum atomic E-state index is -0.636. The lowest BCUT2D eigenvalue weighted by Gasteiger charge is -1.69. The summed E-state index contributed by atoms with van der Waals surface area (Å²) < 4.78 is 0. The molecule has 0 aliphatic heterocycles. The Hall–Kier alpha value is -1.12. The Bertz CT molecular complexity index is 106. The van der Waals surface area contributed by atoms with E-state index in [1.54, 1.807) is 0 Å². The Morgan fingerprint density at radius 2 is 2.29 bits per heavy atom. The van der Waals surface area contributed by atoms with Crippen LogP contribution in [0.4, 0.5) is 0 Å². The van der Waals surface area contributed by atoms with Crippen LogP contribution in [0, 0.1) is 0 Å². The third-order valence-electron chi connectivity index (χ3n) is 0.316. The fourth-order valence-corrected chi connectivity index (χ4v) is 0.116. The molecule has 1 amide bonds. The van der Waals surface area contributed by atoms with Crippen molar-refractivity contribution in [2.24, 2.45) is 5.73 Å². The number of allylic oxidation sites excluding steroid dienone is 1. The van der Waals surface area contributed by atoms with Gasteiger partial charge in [-0.3, -0.25) is 9.59 Å². The van der Waals surface area contributed by atoms with Crippen LogP contribution >= 0.6 is 0 Å². The summed E-state index contributed by atoms with van der Waals surface area (Å²) in [5.41, 5.74) is 4.57. The molecular weight excluding hydrogens is 94.0 g/mol. The highest BCUT2D eigenvalue weighted by molar-refractivity contribution is 5.89. The van der Waals surface area contributed by atoms with Crippen molar-refractivity contribution < 1.29 is 9.59 Å². The zero-order chi connectivity index (χ0) is 5.70. The molecule has 0 aliphatic carbocycles. The Kier molecular flexibility index (Phi) is 2.59. The summed E-state index contributed by atoms with van der Waals surface area (Å²) >= 11 is 0. The molecule has 0 fully saturated rings. The van der Waals surface area contributed by atoms with E-state index in [0.717, 1.165) is 12.2 Å². The van der Waals surface area contributed by atoms with Gasteiger partial charge in [-0.2, -0.15) is 0 Å². The van der Waals surface area contributed by atoms with Crippen LogP contribution in [0.2, 0.25) is 0 Å². The van der Waals surface area contributed by atoms with E-state index in [1.807, 2.05) is 0 Å². The molecule has 0 aliphatic rings. The first-order valence-electron chi connectivity index (χ1n) is 1.61. The van der Waals surface area contributed by atoms with E-state index < -0.39 is 5.91 Å². The molecule has 0 spiro atoms. The van der Waals surface area contributed by atoms with Gasteiger partial charge in [-0.1, -0.05) is 0 Å². The van der Waals surface area contributed by atoms with Crippen molar-refractivity contribution in [1.29, 1.82) is 0 Å². The standard InChI is InChI=1S/C4H4NO2/c5-4(7)2-1-3-6/h1-2H,(H2,5,7)/b2-1+. The van der Waals surface area contributed by atoms with E-state index in [4.69, 9.17) is 0 Å². The normalized spacial score (nSPS) is 9.14. The van der Waals surface area contributed by atoms with E-state index in [0.29, 0.717) is 0 Å². The Morgan fingerprint density at radius 1 is 1.71 bits per heavy atom. The highest BCUT2D eigenvalue weighted by Gasteiger charge is 1.76. The van der Waals surface area contributed by atoms with Gasteiger partial charge >= 0.3 is 0 Å².